The van der Waals surface area contributed by atoms with Gasteiger partial charge in [-0.2, -0.15) is 0 Å². The van der Waals surface area contributed by atoms with Crippen LogP contribution in [-0.2, 0) is 4.79 Å². The molecule has 1 aromatic rings. The van der Waals surface area contributed by atoms with E-state index in [1.54, 1.807) is 6.07 Å². The quantitative estimate of drug-likeness (QED) is 0.674. The number of rotatable bonds is 2. The van der Waals surface area contributed by atoms with Gasteiger partial charge in [0.2, 0.25) is 0 Å². The minimum atomic E-state index is -0.305. The first-order valence-corrected chi connectivity index (χ1v) is 5.42. The molecule has 0 fully saturated rings. The number of halogens is 2. The van der Waals surface area contributed by atoms with Gasteiger partial charge in [-0.15, -0.1) is 0 Å². The topological polar surface area (TPSA) is 43.1 Å². The van der Waals surface area contributed by atoms with Crippen molar-refractivity contribution >= 4 is 43.3 Å². The van der Waals surface area contributed by atoms with Gasteiger partial charge in [0, 0.05) is 10.2 Å². The van der Waals surface area contributed by atoms with Crippen LogP contribution in [0.25, 0.3) is 0 Å². The fourth-order valence-corrected chi connectivity index (χ4v) is 1.79. The Kier molecular flexibility index (Phi) is 3.50. The maximum absolute atomic E-state index is 11.1. The van der Waals surface area contributed by atoms with E-state index in [0.29, 0.717) is 5.69 Å². The Morgan fingerprint density at radius 1 is 1.54 bits per heavy atom. The molecule has 0 saturated heterocycles. The lowest BCUT2D eigenvalue weighted by atomic mass is 10.1. The van der Waals surface area contributed by atoms with Crippen molar-refractivity contribution in [3.63, 3.8) is 0 Å². The molecule has 0 aliphatic carbocycles. The highest BCUT2D eigenvalue weighted by Gasteiger charge is 2.14. The molecular weight excluding hydrogens is 298 g/mol. The van der Waals surface area contributed by atoms with Crippen molar-refractivity contribution in [2.75, 3.05) is 5.73 Å². The molecule has 0 saturated carbocycles. The average molecular weight is 307 g/mol. The summed E-state index contributed by atoms with van der Waals surface area (Å²) in [6.07, 6.45) is 0. The Morgan fingerprint density at radius 3 is 2.62 bits per heavy atom. The lowest BCUT2D eigenvalue weighted by Gasteiger charge is -2.09. The van der Waals surface area contributed by atoms with E-state index in [1.165, 1.54) is 6.92 Å². The number of nitrogens with two attached hydrogens (primary N) is 1. The first-order chi connectivity index (χ1) is 6.02. The van der Waals surface area contributed by atoms with E-state index in [-0.39, 0.29) is 10.6 Å². The zero-order chi connectivity index (χ0) is 10.0. The molecule has 1 atom stereocenters. The minimum Gasteiger partial charge on any atom is -0.398 e. The third-order valence-corrected chi connectivity index (χ3v) is 3.31. The number of alkyl halides is 1. The Labute approximate surface area is 93.8 Å². The molecule has 1 rings (SSSR count). The molecule has 2 nitrogen and oxygen atoms in total. The van der Waals surface area contributed by atoms with Crippen LogP contribution in [0.1, 0.15) is 17.3 Å². The zero-order valence-electron chi connectivity index (χ0n) is 7.05. The van der Waals surface area contributed by atoms with Crippen LogP contribution in [-0.4, -0.2) is 5.78 Å². The Hall–Kier alpha value is -0.350. The smallest absolute Gasteiger partial charge is 0.147 e. The van der Waals surface area contributed by atoms with E-state index in [4.69, 9.17) is 5.73 Å². The van der Waals surface area contributed by atoms with Crippen molar-refractivity contribution in [2.24, 2.45) is 0 Å². The maximum atomic E-state index is 11.1. The fraction of sp³-hybridized carbons (Fsp3) is 0.222. The third-order valence-electron chi connectivity index (χ3n) is 1.68. The largest absolute Gasteiger partial charge is 0.398 e. The summed E-state index contributed by atoms with van der Waals surface area (Å²) in [6, 6.07) is 5.48. The van der Waals surface area contributed by atoms with Gasteiger partial charge in [-0.1, -0.05) is 37.9 Å². The predicted octanol–water partition coefficient (Wildman–Crippen LogP) is 3.06. The summed E-state index contributed by atoms with van der Waals surface area (Å²) in [5.74, 6) is 0.0500. The number of nitrogen functional groups attached to an aromatic ring is 1. The van der Waals surface area contributed by atoms with Crippen molar-refractivity contribution in [2.45, 2.75) is 11.8 Å². The van der Waals surface area contributed by atoms with Gasteiger partial charge in [0.25, 0.3) is 0 Å². The SMILES string of the molecule is CC(=O)C(Br)c1ccc(Br)cc1N. The molecule has 0 aromatic heterocycles. The van der Waals surface area contributed by atoms with E-state index in [2.05, 4.69) is 31.9 Å². The van der Waals surface area contributed by atoms with Crippen LogP contribution >= 0.6 is 31.9 Å². The number of ketones is 1. The number of benzene rings is 1. The summed E-state index contributed by atoms with van der Waals surface area (Å²) in [4.78, 5) is 10.8. The molecule has 0 aliphatic heterocycles. The predicted molar refractivity (Wildman–Crippen MR) is 60.9 cm³/mol. The molecule has 0 spiro atoms. The van der Waals surface area contributed by atoms with Gasteiger partial charge in [0.05, 0.1) is 4.83 Å². The van der Waals surface area contributed by atoms with Crippen LogP contribution in [0.4, 0.5) is 5.69 Å². The number of hydrogen-bond donors (Lipinski definition) is 1. The molecule has 0 aliphatic rings. The van der Waals surface area contributed by atoms with Gasteiger partial charge in [0.1, 0.15) is 5.78 Å². The van der Waals surface area contributed by atoms with Crippen molar-refractivity contribution < 1.29 is 4.79 Å². The molecule has 0 bridgehead atoms. The minimum absolute atomic E-state index is 0.0500. The molecular formula is C9H9Br2NO. The van der Waals surface area contributed by atoms with Gasteiger partial charge >= 0.3 is 0 Å². The monoisotopic (exact) mass is 305 g/mol. The van der Waals surface area contributed by atoms with Gasteiger partial charge in [-0.05, 0) is 24.6 Å². The number of anilines is 1. The number of Topliss-reactive ketones (excluding diaryl/α,β-unsaturated/α-hetero) is 1. The molecule has 0 radical (unpaired) electrons. The van der Waals surface area contributed by atoms with Crippen LogP contribution in [0.15, 0.2) is 22.7 Å². The maximum Gasteiger partial charge on any atom is 0.147 e. The Bertz CT molecular complexity index is 338. The number of carbonyl (C=O) groups excluding carboxylic acids is 1. The lowest BCUT2D eigenvalue weighted by Crippen LogP contribution is -2.04. The number of carbonyl (C=O) groups is 1. The summed E-state index contributed by atoms with van der Waals surface area (Å²) in [6.45, 7) is 1.53. The molecule has 1 aromatic carbocycles. The summed E-state index contributed by atoms with van der Waals surface area (Å²) in [5, 5.41) is 0. The first kappa shape index (κ1) is 10.7. The van der Waals surface area contributed by atoms with Gasteiger partial charge < -0.3 is 5.73 Å². The second-order valence-electron chi connectivity index (χ2n) is 2.75. The summed E-state index contributed by atoms with van der Waals surface area (Å²) in [5.41, 5.74) is 7.18. The average Bonchev–Trinajstić information content (AvgIpc) is 2.03. The summed E-state index contributed by atoms with van der Waals surface area (Å²) < 4.78 is 0.914. The van der Waals surface area contributed by atoms with Gasteiger partial charge in [0.15, 0.2) is 0 Å². The molecule has 1 unspecified atom stereocenters. The molecule has 4 heteroatoms. The molecule has 2 N–H and O–H groups in total. The second-order valence-corrected chi connectivity index (χ2v) is 4.58. The van der Waals surface area contributed by atoms with Crippen LogP contribution < -0.4 is 5.73 Å². The molecule has 0 amide bonds. The third kappa shape index (κ3) is 2.54. The molecule has 70 valence electrons. The summed E-state index contributed by atoms with van der Waals surface area (Å²) >= 11 is 6.58. The van der Waals surface area contributed by atoms with Gasteiger partial charge in [-0.3, -0.25) is 4.79 Å². The summed E-state index contributed by atoms with van der Waals surface area (Å²) in [7, 11) is 0. The zero-order valence-corrected chi connectivity index (χ0v) is 10.2. The Morgan fingerprint density at radius 2 is 2.15 bits per heavy atom. The van der Waals surface area contributed by atoms with Crippen LogP contribution in [0.5, 0.6) is 0 Å². The van der Waals surface area contributed by atoms with E-state index in [1.807, 2.05) is 12.1 Å². The van der Waals surface area contributed by atoms with E-state index >= 15 is 0 Å². The highest BCUT2D eigenvalue weighted by atomic mass is 79.9. The lowest BCUT2D eigenvalue weighted by molar-refractivity contribution is -0.116. The highest BCUT2D eigenvalue weighted by Crippen LogP contribution is 2.30. The highest BCUT2D eigenvalue weighted by molar-refractivity contribution is 9.10. The normalized spacial score (nSPS) is 12.5. The van der Waals surface area contributed by atoms with E-state index < -0.39 is 0 Å². The van der Waals surface area contributed by atoms with Crippen LogP contribution in [0, 0.1) is 0 Å². The van der Waals surface area contributed by atoms with Crippen molar-refractivity contribution in [3.05, 3.63) is 28.2 Å². The van der Waals surface area contributed by atoms with Crippen LogP contribution in [0.3, 0.4) is 0 Å². The van der Waals surface area contributed by atoms with E-state index in [9.17, 15) is 4.79 Å². The molecule has 0 heterocycles. The van der Waals surface area contributed by atoms with E-state index in [0.717, 1.165) is 10.0 Å². The standard InChI is InChI=1S/C9H9Br2NO/c1-5(13)9(11)7-3-2-6(10)4-8(7)12/h2-4,9H,12H2,1H3. The second kappa shape index (κ2) is 4.24. The van der Waals surface area contributed by atoms with Crippen molar-refractivity contribution in [1.82, 2.24) is 0 Å². The molecule has 13 heavy (non-hydrogen) atoms. The van der Waals surface area contributed by atoms with Gasteiger partial charge in [-0.25, -0.2) is 0 Å². The Balaban J connectivity index is 3.08. The number of hydrogen-bond acceptors (Lipinski definition) is 2. The van der Waals surface area contributed by atoms with Crippen molar-refractivity contribution in [1.29, 1.82) is 0 Å². The van der Waals surface area contributed by atoms with Crippen LogP contribution in [0.2, 0.25) is 0 Å². The van der Waals surface area contributed by atoms with Crippen molar-refractivity contribution in [3.8, 4) is 0 Å². The first-order valence-electron chi connectivity index (χ1n) is 3.72. The fourth-order valence-electron chi connectivity index (χ4n) is 0.995.